The van der Waals surface area contributed by atoms with E-state index in [0.717, 1.165) is 0 Å². The average molecular weight is 253 g/mol. The molecule has 0 N–H and O–H groups in total. The lowest BCUT2D eigenvalue weighted by Crippen LogP contribution is -1.99. The second-order valence-electron chi connectivity index (χ2n) is 3.32. The van der Waals surface area contributed by atoms with Gasteiger partial charge in [-0.15, -0.1) is 0 Å². The Kier molecular flexibility index (Phi) is 3.01. The summed E-state index contributed by atoms with van der Waals surface area (Å²) in [7, 11) is 1.42. The third-order valence-electron chi connectivity index (χ3n) is 2.33. The highest BCUT2D eigenvalue weighted by Gasteiger charge is 2.18. The van der Waals surface area contributed by atoms with E-state index in [0.29, 0.717) is 10.7 Å². The van der Waals surface area contributed by atoms with Crippen LogP contribution in [0.2, 0.25) is 5.02 Å². The number of nitrogens with zero attached hydrogens (tertiary/aromatic N) is 2. The van der Waals surface area contributed by atoms with Crippen molar-refractivity contribution in [3.8, 4) is 11.4 Å². The van der Waals surface area contributed by atoms with E-state index >= 15 is 0 Å². The highest BCUT2D eigenvalue weighted by atomic mass is 35.5. The number of benzene rings is 1. The van der Waals surface area contributed by atoms with Crippen LogP contribution in [-0.2, 0) is 0 Å². The van der Waals surface area contributed by atoms with Crippen LogP contribution in [0.25, 0.3) is 5.69 Å². The first kappa shape index (κ1) is 11.5. The summed E-state index contributed by atoms with van der Waals surface area (Å²) >= 11 is 5.96. The van der Waals surface area contributed by atoms with E-state index in [-0.39, 0.29) is 11.4 Å². The molecule has 2 rings (SSSR count). The molecule has 0 fully saturated rings. The van der Waals surface area contributed by atoms with E-state index in [1.165, 1.54) is 19.2 Å². The van der Waals surface area contributed by atoms with Gasteiger partial charge in [-0.2, -0.15) is 0 Å². The third kappa shape index (κ3) is 2.09. The fraction of sp³-hybridized carbons (Fsp3) is 0.0909. The number of hydrogen-bond acceptors (Lipinski definition) is 3. The van der Waals surface area contributed by atoms with Gasteiger partial charge in [0.05, 0.1) is 23.1 Å². The fourth-order valence-electron chi connectivity index (χ4n) is 1.54. The van der Waals surface area contributed by atoms with Crippen molar-refractivity contribution in [1.29, 1.82) is 0 Å². The maximum atomic E-state index is 11.0. The van der Waals surface area contributed by atoms with Gasteiger partial charge in [0.2, 0.25) is 0 Å². The van der Waals surface area contributed by atoms with Crippen LogP contribution in [0.4, 0.5) is 5.69 Å². The van der Waals surface area contributed by atoms with Gasteiger partial charge in [-0.3, -0.25) is 10.1 Å². The van der Waals surface area contributed by atoms with E-state index in [1.54, 1.807) is 29.1 Å². The number of aromatic nitrogens is 1. The fourth-order valence-corrected chi connectivity index (χ4v) is 1.77. The lowest BCUT2D eigenvalue weighted by molar-refractivity contribution is -0.384. The summed E-state index contributed by atoms with van der Waals surface area (Å²) in [6.45, 7) is 0. The van der Waals surface area contributed by atoms with Crippen LogP contribution in [-0.4, -0.2) is 16.6 Å². The van der Waals surface area contributed by atoms with Gasteiger partial charge >= 0.3 is 0 Å². The highest BCUT2D eigenvalue weighted by Crippen LogP contribution is 2.34. The van der Waals surface area contributed by atoms with Crippen molar-refractivity contribution in [1.82, 2.24) is 4.57 Å². The molecule has 0 radical (unpaired) electrons. The van der Waals surface area contributed by atoms with Gasteiger partial charge < -0.3 is 9.30 Å². The van der Waals surface area contributed by atoms with E-state index in [1.807, 2.05) is 0 Å². The Labute approximate surface area is 102 Å². The number of nitro groups is 1. The summed E-state index contributed by atoms with van der Waals surface area (Å²) in [6, 6.07) is 6.39. The number of methoxy groups -OCH3 is 1. The molecule has 0 saturated heterocycles. The maximum Gasteiger partial charge on any atom is 0.297 e. The molecule has 0 aliphatic rings. The molecule has 5 nitrogen and oxygen atoms in total. The highest BCUT2D eigenvalue weighted by molar-refractivity contribution is 6.32. The molecule has 17 heavy (non-hydrogen) atoms. The van der Waals surface area contributed by atoms with Crippen molar-refractivity contribution in [2.45, 2.75) is 0 Å². The monoisotopic (exact) mass is 252 g/mol. The zero-order valence-corrected chi connectivity index (χ0v) is 9.72. The molecular weight excluding hydrogens is 244 g/mol. The number of halogens is 1. The molecule has 1 aromatic carbocycles. The van der Waals surface area contributed by atoms with Crippen LogP contribution >= 0.6 is 11.6 Å². The molecular formula is C11H9ClN2O3. The van der Waals surface area contributed by atoms with Gasteiger partial charge in [0, 0.05) is 12.4 Å². The van der Waals surface area contributed by atoms with Crippen LogP contribution in [0.3, 0.4) is 0 Å². The van der Waals surface area contributed by atoms with Crippen molar-refractivity contribution in [2.75, 3.05) is 7.11 Å². The summed E-state index contributed by atoms with van der Waals surface area (Å²) in [5.74, 6) is 0.286. The Morgan fingerprint density at radius 1 is 1.35 bits per heavy atom. The van der Waals surface area contributed by atoms with Crippen molar-refractivity contribution in [3.05, 3.63) is 51.8 Å². The summed E-state index contributed by atoms with van der Waals surface area (Å²) in [5, 5.41) is 11.3. The Balaban J connectivity index is 2.66. The summed E-state index contributed by atoms with van der Waals surface area (Å²) in [6.07, 6.45) is 3.43. The first-order chi connectivity index (χ1) is 8.13. The largest absolute Gasteiger partial charge is 0.495 e. The second-order valence-corrected chi connectivity index (χ2v) is 3.73. The predicted molar refractivity (Wildman–Crippen MR) is 64.0 cm³/mol. The van der Waals surface area contributed by atoms with Gasteiger partial charge in [-0.1, -0.05) is 11.6 Å². The Morgan fingerprint density at radius 2 is 2.00 bits per heavy atom. The van der Waals surface area contributed by atoms with Gasteiger partial charge in [0.25, 0.3) is 5.69 Å². The van der Waals surface area contributed by atoms with Crippen LogP contribution < -0.4 is 4.74 Å². The molecule has 1 heterocycles. The van der Waals surface area contributed by atoms with Crippen molar-refractivity contribution in [3.63, 3.8) is 0 Å². The van der Waals surface area contributed by atoms with E-state index in [2.05, 4.69) is 0 Å². The van der Waals surface area contributed by atoms with Gasteiger partial charge in [-0.05, 0) is 18.2 Å². The predicted octanol–water partition coefficient (Wildman–Crippen LogP) is 3.05. The molecule has 0 aliphatic heterocycles. The summed E-state index contributed by atoms with van der Waals surface area (Å²) in [5.41, 5.74) is 0.355. The molecule has 0 spiro atoms. The Hall–Kier alpha value is -2.01. The first-order valence-electron chi connectivity index (χ1n) is 4.78. The third-order valence-corrected chi connectivity index (χ3v) is 2.62. The molecule has 0 aliphatic carbocycles. The van der Waals surface area contributed by atoms with Crippen LogP contribution in [0.1, 0.15) is 0 Å². The smallest absolute Gasteiger partial charge is 0.297 e. The lowest BCUT2D eigenvalue weighted by Gasteiger charge is -2.08. The topological polar surface area (TPSA) is 57.3 Å². The molecule has 0 amide bonds. The number of rotatable bonds is 3. The normalized spacial score (nSPS) is 10.2. The minimum Gasteiger partial charge on any atom is -0.495 e. The molecule has 0 bridgehead atoms. The van der Waals surface area contributed by atoms with Crippen LogP contribution in [0.5, 0.6) is 5.75 Å². The quantitative estimate of drug-likeness (QED) is 0.623. The van der Waals surface area contributed by atoms with E-state index in [4.69, 9.17) is 16.3 Å². The first-order valence-corrected chi connectivity index (χ1v) is 5.16. The number of hydrogen-bond donors (Lipinski definition) is 0. The Bertz CT molecular complexity index is 552. The SMILES string of the molecule is COc1cc([N+](=O)[O-])c(-n2cccc2)cc1Cl. The van der Waals surface area contributed by atoms with Crippen molar-refractivity contribution >= 4 is 17.3 Å². The average Bonchev–Trinajstić information content (AvgIpc) is 2.81. The minimum atomic E-state index is -0.464. The number of nitro benzene ring substituents is 1. The molecule has 1 aromatic heterocycles. The zero-order chi connectivity index (χ0) is 12.4. The zero-order valence-electron chi connectivity index (χ0n) is 8.96. The molecule has 2 aromatic rings. The van der Waals surface area contributed by atoms with Gasteiger partial charge in [0.15, 0.2) is 0 Å². The van der Waals surface area contributed by atoms with Crippen LogP contribution in [0, 0.1) is 10.1 Å². The molecule has 0 atom stereocenters. The van der Waals surface area contributed by atoms with Crippen LogP contribution in [0.15, 0.2) is 36.7 Å². The van der Waals surface area contributed by atoms with Gasteiger partial charge in [-0.25, -0.2) is 0 Å². The van der Waals surface area contributed by atoms with E-state index < -0.39 is 4.92 Å². The van der Waals surface area contributed by atoms with Crippen molar-refractivity contribution < 1.29 is 9.66 Å². The van der Waals surface area contributed by atoms with Crippen molar-refractivity contribution in [2.24, 2.45) is 0 Å². The van der Waals surface area contributed by atoms with E-state index in [9.17, 15) is 10.1 Å². The summed E-state index contributed by atoms with van der Waals surface area (Å²) < 4.78 is 6.59. The molecule has 88 valence electrons. The van der Waals surface area contributed by atoms with Gasteiger partial charge in [0.1, 0.15) is 11.4 Å². The minimum absolute atomic E-state index is 0.0533. The summed E-state index contributed by atoms with van der Waals surface area (Å²) in [4.78, 5) is 10.5. The molecule has 6 heteroatoms. The second kappa shape index (κ2) is 4.47. The standard InChI is InChI=1S/C11H9ClN2O3/c1-17-11-7-10(14(15)16)9(6-8(11)12)13-4-2-3-5-13/h2-7H,1H3. The Morgan fingerprint density at radius 3 is 2.53 bits per heavy atom. The maximum absolute atomic E-state index is 11.0. The number of ether oxygens (including phenoxy) is 1. The lowest BCUT2D eigenvalue weighted by atomic mass is 10.2. The molecule has 0 saturated carbocycles. The molecule has 0 unspecified atom stereocenters.